The zero-order chi connectivity index (χ0) is 28.6. The zero-order valence-corrected chi connectivity index (χ0v) is 24.1. The van der Waals surface area contributed by atoms with E-state index < -0.39 is 12.0 Å². The van der Waals surface area contributed by atoms with Gasteiger partial charge in [0, 0.05) is 54.7 Å². The summed E-state index contributed by atoms with van der Waals surface area (Å²) in [6.45, 7) is 5.18. The van der Waals surface area contributed by atoms with Crippen molar-refractivity contribution in [3.8, 4) is 0 Å². The van der Waals surface area contributed by atoms with Gasteiger partial charge in [-0.3, -0.25) is 19.3 Å². The third-order valence-electron chi connectivity index (χ3n) is 11.1. The normalized spacial score (nSPS) is 34.4. The van der Waals surface area contributed by atoms with Crippen LogP contribution in [0.5, 0.6) is 0 Å². The summed E-state index contributed by atoms with van der Waals surface area (Å²) in [5, 5.41) is 14.5. The molecule has 5 heterocycles. The number of nitrogens with one attached hydrogen (secondary N) is 2. The largest absolute Gasteiger partial charge is 0.396 e. The molecule has 1 aromatic heterocycles. The number of H-pyrrole nitrogens is 1. The van der Waals surface area contributed by atoms with E-state index in [1.165, 1.54) is 16.5 Å². The third kappa shape index (κ3) is 3.83. The van der Waals surface area contributed by atoms with E-state index in [4.69, 9.17) is 4.74 Å². The summed E-state index contributed by atoms with van der Waals surface area (Å²) in [5.41, 5.74) is 2.68. The maximum atomic E-state index is 13.9. The predicted octanol–water partition coefficient (Wildman–Crippen LogP) is 1.78. The minimum Gasteiger partial charge on any atom is -0.396 e. The lowest BCUT2D eigenvalue weighted by molar-refractivity contribution is -0.215. The molecule has 8 atom stereocenters. The highest BCUT2D eigenvalue weighted by Gasteiger charge is 2.66. The van der Waals surface area contributed by atoms with Crippen molar-refractivity contribution in [3.05, 3.63) is 35.5 Å². The lowest BCUT2D eigenvalue weighted by atomic mass is 9.72. The van der Waals surface area contributed by atoms with Crippen LogP contribution in [0.1, 0.15) is 56.6 Å². The Morgan fingerprint density at radius 2 is 2.15 bits per heavy atom. The van der Waals surface area contributed by atoms with Gasteiger partial charge in [-0.2, -0.15) is 0 Å². The zero-order valence-electron chi connectivity index (χ0n) is 24.1. The third-order valence-corrected chi connectivity index (χ3v) is 11.1. The molecule has 4 aliphatic heterocycles. The predicted molar refractivity (Wildman–Crippen MR) is 151 cm³/mol. The molecule has 1 aromatic carbocycles. The summed E-state index contributed by atoms with van der Waals surface area (Å²) < 4.78 is 6.67. The Hall–Kier alpha value is -2.95. The van der Waals surface area contributed by atoms with Gasteiger partial charge in [0.05, 0.1) is 12.0 Å². The molecular weight excluding hydrogens is 522 g/mol. The highest BCUT2D eigenvalue weighted by atomic mass is 16.6. The highest BCUT2D eigenvalue weighted by molar-refractivity contribution is 5.94. The second kappa shape index (κ2) is 9.81. The molecule has 10 nitrogen and oxygen atoms in total. The fourth-order valence-corrected chi connectivity index (χ4v) is 8.90. The van der Waals surface area contributed by atoms with Gasteiger partial charge in [0.15, 0.2) is 5.72 Å². The standard InChI is InChI=1S/C31H41N5O5/c1-4-18(16-37)17(2)31-25-9-6-10-35(25)26(38)15-36(31)30(40)29(41-31)33-28(39)20-11-22-21-7-5-8-23-27(21)19(13-32-23)12-24(22)34(3)14-20/h5,7-8,13,17-18,20,22,24-25,29,32,37H,4,6,9-12,14-16H2,1-3H3,(H,33,39)/t17-,18+,20-,22?,24-,25+,29-,31?/m1/s1. The summed E-state index contributed by atoms with van der Waals surface area (Å²) in [6.07, 6.45) is 4.90. The maximum absolute atomic E-state index is 13.9. The fourth-order valence-electron chi connectivity index (χ4n) is 8.90. The van der Waals surface area contributed by atoms with Crippen LogP contribution in [0.15, 0.2) is 24.4 Å². The highest BCUT2D eigenvalue weighted by Crippen LogP contribution is 2.49. The minimum absolute atomic E-state index is 0.0327. The van der Waals surface area contributed by atoms with Gasteiger partial charge in [0.1, 0.15) is 6.54 Å². The number of benzene rings is 1. The number of hydrogen-bond acceptors (Lipinski definition) is 6. The minimum atomic E-state index is -1.15. The molecule has 4 saturated heterocycles. The van der Waals surface area contributed by atoms with Crippen LogP contribution in [0, 0.1) is 17.8 Å². The van der Waals surface area contributed by atoms with E-state index >= 15 is 0 Å². The van der Waals surface area contributed by atoms with Gasteiger partial charge in [0.2, 0.25) is 18.0 Å². The molecule has 7 rings (SSSR count). The molecule has 3 amide bonds. The van der Waals surface area contributed by atoms with Crippen molar-refractivity contribution in [2.45, 2.75) is 75.9 Å². The maximum Gasteiger partial charge on any atom is 0.275 e. The first kappa shape index (κ1) is 26.9. The first-order chi connectivity index (χ1) is 19.8. The van der Waals surface area contributed by atoms with E-state index in [2.05, 4.69) is 46.6 Å². The first-order valence-electron chi connectivity index (χ1n) is 15.3. The summed E-state index contributed by atoms with van der Waals surface area (Å²) in [5.74, 6) is -1.04. The number of likely N-dealkylation sites (tertiary alicyclic amines) is 1. The number of nitrogens with zero attached hydrogens (tertiary/aromatic N) is 3. The molecular formula is C31H41N5O5. The molecule has 0 spiro atoms. The number of ether oxygens (including phenoxy) is 1. The Kier molecular flexibility index (Phi) is 6.44. The fraction of sp³-hybridized carbons (Fsp3) is 0.645. The average molecular weight is 564 g/mol. The Morgan fingerprint density at radius 1 is 1.32 bits per heavy atom. The lowest BCUT2D eigenvalue weighted by Crippen LogP contribution is -2.70. The molecule has 41 heavy (non-hydrogen) atoms. The summed E-state index contributed by atoms with van der Waals surface area (Å²) in [4.78, 5) is 49.9. The van der Waals surface area contributed by atoms with E-state index in [1.54, 1.807) is 4.90 Å². The van der Waals surface area contributed by atoms with Gasteiger partial charge >= 0.3 is 0 Å². The van der Waals surface area contributed by atoms with Gasteiger partial charge in [-0.05, 0) is 55.8 Å². The van der Waals surface area contributed by atoms with E-state index in [9.17, 15) is 19.5 Å². The number of aromatic nitrogens is 1. The van der Waals surface area contributed by atoms with Crippen LogP contribution in [0.3, 0.4) is 0 Å². The number of piperidine rings is 1. The van der Waals surface area contributed by atoms with Crippen LogP contribution in [0.25, 0.3) is 10.9 Å². The van der Waals surface area contributed by atoms with Crippen LogP contribution in [-0.2, 0) is 25.5 Å². The Labute approximate surface area is 240 Å². The van der Waals surface area contributed by atoms with Crippen molar-refractivity contribution in [2.24, 2.45) is 17.8 Å². The number of aliphatic hydroxyl groups excluding tert-OH is 1. The van der Waals surface area contributed by atoms with Crippen molar-refractivity contribution in [1.29, 1.82) is 0 Å². The molecule has 0 saturated carbocycles. The molecule has 5 aliphatic rings. The molecule has 2 unspecified atom stereocenters. The van der Waals surface area contributed by atoms with Crippen LogP contribution in [0.4, 0.5) is 0 Å². The second-order valence-corrected chi connectivity index (χ2v) is 12.9. The smallest absolute Gasteiger partial charge is 0.275 e. The van der Waals surface area contributed by atoms with Crippen molar-refractivity contribution in [3.63, 3.8) is 0 Å². The quantitative estimate of drug-likeness (QED) is 0.493. The van der Waals surface area contributed by atoms with Crippen molar-refractivity contribution < 1.29 is 24.2 Å². The van der Waals surface area contributed by atoms with E-state index in [0.717, 1.165) is 31.2 Å². The topological polar surface area (TPSA) is 118 Å². The molecule has 4 fully saturated rings. The Bertz CT molecular complexity index is 1390. The second-order valence-electron chi connectivity index (χ2n) is 12.9. The molecule has 0 radical (unpaired) electrons. The van der Waals surface area contributed by atoms with Gasteiger partial charge in [0.25, 0.3) is 5.91 Å². The van der Waals surface area contributed by atoms with Crippen molar-refractivity contribution in [1.82, 2.24) is 25.0 Å². The number of likely N-dealkylation sites (N-methyl/N-ethyl adjacent to an activating group) is 1. The summed E-state index contributed by atoms with van der Waals surface area (Å²) in [6, 6.07) is 6.40. The van der Waals surface area contributed by atoms with Gasteiger partial charge in [-0.15, -0.1) is 0 Å². The SMILES string of the molecule is CC[C@@H](CO)[C@@H](C)C12O[C@@H](NC(=O)[C@@H]3CC4c5cccc6[nH]cc(c56)C[C@H]4N(C)C3)C(=O)N1CC(=O)N1CCC[C@H]12. The monoisotopic (exact) mass is 563 g/mol. The number of fused-ring (bicyclic) bond motifs is 5. The van der Waals surface area contributed by atoms with Gasteiger partial charge < -0.3 is 29.9 Å². The number of carbonyl (C=O) groups is 3. The molecule has 10 heteroatoms. The number of aliphatic hydroxyl groups is 1. The summed E-state index contributed by atoms with van der Waals surface area (Å²) >= 11 is 0. The molecule has 220 valence electrons. The number of rotatable bonds is 6. The lowest BCUT2D eigenvalue weighted by Gasteiger charge is -2.53. The number of hydrogen-bond donors (Lipinski definition) is 3. The number of carbonyl (C=O) groups excluding carboxylic acids is 3. The average Bonchev–Trinajstić information content (AvgIpc) is 3.69. The van der Waals surface area contributed by atoms with Gasteiger partial charge in [-0.25, -0.2) is 0 Å². The number of aromatic amines is 1. The number of piperazine rings is 1. The van der Waals surface area contributed by atoms with Crippen molar-refractivity contribution >= 4 is 28.6 Å². The Morgan fingerprint density at radius 3 is 2.93 bits per heavy atom. The first-order valence-corrected chi connectivity index (χ1v) is 15.3. The van der Waals surface area contributed by atoms with Crippen LogP contribution in [0.2, 0.25) is 0 Å². The van der Waals surface area contributed by atoms with E-state index in [0.29, 0.717) is 25.6 Å². The molecule has 3 N–H and O–H groups in total. The molecule has 0 bridgehead atoms. The van der Waals surface area contributed by atoms with Crippen LogP contribution >= 0.6 is 0 Å². The van der Waals surface area contributed by atoms with Crippen molar-refractivity contribution in [2.75, 3.05) is 33.3 Å². The molecule has 2 aromatic rings. The van der Waals surface area contributed by atoms with Crippen LogP contribution in [-0.4, -0.2) is 99.8 Å². The van der Waals surface area contributed by atoms with Crippen LogP contribution < -0.4 is 5.32 Å². The van der Waals surface area contributed by atoms with E-state index in [1.807, 2.05) is 18.7 Å². The summed E-state index contributed by atoms with van der Waals surface area (Å²) in [7, 11) is 2.09. The Balaban J connectivity index is 1.15. The molecule has 1 aliphatic carbocycles. The number of amides is 3. The van der Waals surface area contributed by atoms with Gasteiger partial charge in [-0.1, -0.05) is 32.4 Å². The van der Waals surface area contributed by atoms with E-state index in [-0.39, 0.29) is 60.6 Å².